The molecule has 0 aliphatic heterocycles. The second-order valence-electron chi connectivity index (χ2n) is 9.58. The number of rotatable bonds is 8. The van der Waals surface area contributed by atoms with Gasteiger partial charge in [-0.15, -0.1) is 0 Å². The summed E-state index contributed by atoms with van der Waals surface area (Å²) in [6.45, 7) is 10.1. The highest BCUT2D eigenvalue weighted by Crippen LogP contribution is 2.28. The summed E-state index contributed by atoms with van der Waals surface area (Å²) in [6.07, 6.45) is 2.46. The first-order valence-corrected chi connectivity index (χ1v) is 13.2. The topological polar surface area (TPSA) is 130 Å². The molecule has 40 heavy (non-hydrogen) atoms. The van der Waals surface area contributed by atoms with E-state index in [4.69, 9.17) is 14.6 Å². The monoisotopic (exact) mass is 546 g/mol. The van der Waals surface area contributed by atoms with Crippen molar-refractivity contribution in [3.05, 3.63) is 81.7 Å². The van der Waals surface area contributed by atoms with Gasteiger partial charge in [-0.1, -0.05) is 19.1 Å². The molecule has 0 bridgehead atoms. The van der Waals surface area contributed by atoms with Crippen LogP contribution >= 0.6 is 0 Å². The Hall–Kier alpha value is -4.24. The molecule has 0 saturated heterocycles. The Bertz CT molecular complexity index is 1370. The van der Waals surface area contributed by atoms with Crippen LogP contribution in [0.2, 0.25) is 0 Å². The van der Waals surface area contributed by atoms with E-state index in [-0.39, 0.29) is 18.5 Å². The van der Waals surface area contributed by atoms with Crippen molar-refractivity contribution in [2.24, 2.45) is 0 Å². The van der Waals surface area contributed by atoms with E-state index in [1.165, 1.54) is 14.2 Å². The van der Waals surface area contributed by atoms with Gasteiger partial charge in [-0.2, -0.15) is 0 Å². The number of aliphatic hydroxyl groups is 1. The van der Waals surface area contributed by atoms with E-state index >= 15 is 0 Å². The second kappa shape index (κ2) is 13.7. The molecule has 9 nitrogen and oxygen atoms in total. The van der Waals surface area contributed by atoms with Crippen LogP contribution in [0.3, 0.4) is 0 Å². The Morgan fingerprint density at radius 1 is 0.750 bits per heavy atom. The molecule has 0 unspecified atom stereocenters. The van der Waals surface area contributed by atoms with E-state index in [0.717, 1.165) is 69.5 Å². The van der Waals surface area contributed by atoms with Gasteiger partial charge in [0.2, 0.25) is 0 Å². The SMILES string of the molecule is CCCc1nc(-c2cc(C(=O)OC)ccc2C)c(C)[nH]1.COC(=O)c1ccc(C)c(-c2nc(CCO)[nH]c2C)c1. The van der Waals surface area contributed by atoms with Gasteiger partial charge in [-0.3, -0.25) is 0 Å². The molecular weight excluding hydrogens is 508 g/mol. The van der Waals surface area contributed by atoms with Gasteiger partial charge in [0.15, 0.2) is 0 Å². The predicted molar refractivity (Wildman–Crippen MR) is 154 cm³/mol. The van der Waals surface area contributed by atoms with Crippen molar-refractivity contribution in [1.29, 1.82) is 0 Å². The van der Waals surface area contributed by atoms with Gasteiger partial charge in [-0.05, 0) is 69.5 Å². The lowest BCUT2D eigenvalue weighted by atomic mass is 10.0. The summed E-state index contributed by atoms with van der Waals surface area (Å²) in [6, 6.07) is 10.9. The fraction of sp³-hybridized carbons (Fsp3) is 0.355. The number of aliphatic hydroxyl groups excluding tert-OH is 1. The lowest BCUT2D eigenvalue weighted by Gasteiger charge is -2.06. The normalized spacial score (nSPS) is 10.6. The predicted octanol–water partition coefficient (Wildman–Crippen LogP) is 5.45. The molecule has 0 aliphatic carbocycles. The van der Waals surface area contributed by atoms with Gasteiger partial charge < -0.3 is 24.5 Å². The number of nitrogens with one attached hydrogen (secondary N) is 2. The third-order valence-electron chi connectivity index (χ3n) is 6.53. The minimum atomic E-state index is -0.366. The molecular formula is C31H38N4O5. The zero-order chi connectivity index (χ0) is 29.4. The summed E-state index contributed by atoms with van der Waals surface area (Å²) in [5.74, 6) is 1.04. The number of carbonyl (C=O) groups excluding carboxylic acids is 2. The highest BCUT2D eigenvalue weighted by atomic mass is 16.5. The van der Waals surface area contributed by atoms with Gasteiger partial charge in [0.25, 0.3) is 0 Å². The molecule has 4 aromatic rings. The zero-order valence-corrected chi connectivity index (χ0v) is 24.3. The molecule has 0 radical (unpaired) electrons. The molecule has 0 aliphatic rings. The highest BCUT2D eigenvalue weighted by Gasteiger charge is 2.15. The van der Waals surface area contributed by atoms with Crippen molar-refractivity contribution in [2.75, 3.05) is 20.8 Å². The van der Waals surface area contributed by atoms with E-state index in [0.29, 0.717) is 17.5 Å². The van der Waals surface area contributed by atoms with E-state index in [9.17, 15) is 9.59 Å². The number of ether oxygens (including phenoxy) is 2. The summed E-state index contributed by atoms with van der Waals surface area (Å²) < 4.78 is 9.51. The molecule has 4 rings (SSSR count). The number of imidazole rings is 2. The number of nitrogens with zero attached hydrogens (tertiary/aromatic N) is 2. The molecule has 2 aromatic heterocycles. The number of aromatic amines is 2. The van der Waals surface area contributed by atoms with Gasteiger partial charge >= 0.3 is 11.9 Å². The molecule has 0 fully saturated rings. The van der Waals surface area contributed by atoms with Gasteiger partial charge in [-0.25, -0.2) is 19.6 Å². The van der Waals surface area contributed by atoms with Crippen LogP contribution in [-0.4, -0.2) is 57.8 Å². The summed E-state index contributed by atoms with van der Waals surface area (Å²) in [4.78, 5) is 38.9. The van der Waals surface area contributed by atoms with Crippen molar-refractivity contribution in [2.45, 2.75) is 53.9 Å². The fourth-order valence-electron chi connectivity index (χ4n) is 4.39. The summed E-state index contributed by atoms with van der Waals surface area (Å²) in [5.41, 5.74) is 8.70. The van der Waals surface area contributed by atoms with Crippen molar-refractivity contribution in [1.82, 2.24) is 19.9 Å². The molecule has 3 N–H and O–H groups in total. The van der Waals surface area contributed by atoms with Crippen LogP contribution in [0.25, 0.3) is 22.5 Å². The van der Waals surface area contributed by atoms with Crippen molar-refractivity contribution in [3.63, 3.8) is 0 Å². The van der Waals surface area contributed by atoms with Gasteiger partial charge in [0.1, 0.15) is 11.6 Å². The zero-order valence-electron chi connectivity index (χ0n) is 24.3. The molecule has 0 amide bonds. The Morgan fingerprint density at radius 3 is 1.55 bits per heavy atom. The van der Waals surface area contributed by atoms with Crippen LogP contribution in [-0.2, 0) is 22.3 Å². The Kier molecular flexibility index (Phi) is 10.4. The highest BCUT2D eigenvalue weighted by molar-refractivity contribution is 5.92. The van der Waals surface area contributed by atoms with E-state index < -0.39 is 0 Å². The number of hydrogen-bond acceptors (Lipinski definition) is 7. The van der Waals surface area contributed by atoms with Crippen molar-refractivity contribution in [3.8, 4) is 22.5 Å². The van der Waals surface area contributed by atoms with E-state index in [1.807, 2.05) is 45.9 Å². The summed E-state index contributed by atoms with van der Waals surface area (Å²) >= 11 is 0. The summed E-state index contributed by atoms with van der Waals surface area (Å²) in [5, 5.41) is 8.97. The molecule has 2 aromatic carbocycles. The quantitative estimate of drug-likeness (QED) is 0.251. The number of carbonyl (C=O) groups is 2. The number of aryl methyl sites for hydroxylation is 5. The molecule has 0 atom stereocenters. The average molecular weight is 547 g/mol. The minimum Gasteiger partial charge on any atom is -0.465 e. The third-order valence-corrected chi connectivity index (χ3v) is 6.53. The first kappa shape index (κ1) is 30.3. The molecule has 2 heterocycles. The number of aromatic nitrogens is 4. The lowest BCUT2D eigenvalue weighted by Crippen LogP contribution is -2.02. The molecule has 0 saturated carbocycles. The van der Waals surface area contributed by atoms with Crippen LogP contribution in [0.5, 0.6) is 0 Å². The van der Waals surface area contributed by atoms with Gasteiger partial charge in [0, 0.05) is 35.4 Å². The van der Waals surface area contributed by atoms with Crippen LogP contribution < -0.4 is 0 Å². The average Bonchev–Trinajstić information content (AvgIpc) is 3.50. The molecule has 0 spiro atoms. The van der Waals surface area contributed by atoms with E-state index in [1.54, 1.807) is 18.2 Å². The Balaban J connectivity index is 0.000000220. The van der Waals surface area contributed by atoms with Crippen LogP contribution in [0.4, 0.5) is 0 Å². The fourth-order valence-corrected chi connectivity index (χ4v) is 4.39. The number of methoxy groups -OCH3 is 2. The molecule has 9 heteroatoms. The van der Waals surface area contributed by atoms with E-state index in [2.05, 4.69) is 26.9 Å². The van der Waals surface area contributed by atoms with Crippen LogP contribution in [0, 0.1) is 27.7 Å². The maximum Gasteiger partial charge on any atom is 0.337 e. The second-order valence-corrected chi connectivity index (χ2v) is 9.58. The first-order chi connectivity index (χ1) is 19.1. The lowest BCUT2D eigenvalue weighted by molar-refractivity contribution is 0.0592. The van der Waals surface area contributed by atoms with Gasteiger partial charge in [0.05, 0.1) is 43.3 Å². The van der Waals surface area contributed by atoms with Crippen molar-refractivity contribution < 1.29 is 24.2 Å². The largest absolute Gasteiger partial charge is 0.465 e. The Labute approximate surface area is 235 Å². The summed E-state index contributed by atoms with van der Waals surface area (Å²) in [7, 11) is 2.75. The van der Waals surface area contributed by atoms with Crippen LogP contribution in [0.1, 0.15) is 68.2 Å². The first-order valence-electron chi connectivity index (χ1n) is 13.2. The Morgan fingerprint density at radius 2 is 1.18 bits per heavy atom. The smallest absolute Gasteiger partial charge is 0.337 e. The molecule has 212 valence electrons. The standard InChI is InChI=1S/C16H20N2O2.C15H18N2O3/c1-5-6-14-17-11(3)15(18-14)13-9-12(16(19)20-4)8-7-10(13)2;1-9-4-5-11(15(19)20-3)8-12(9)14-10(2)16-13(17-14)6-7-18/h7-9H,5-6H2,1-4H3,(H,17,18);4-5,8,18H,6-7H2,1-3H3,(H,16,17). The number of hydrogen-bond donors (Lipinski definition) is 3. The van der Waals surface area contributed by atoms with Crippen molar-refractivity contribution >= 4 is 11.9 Å². The maximum atomic E-state index is 11.7. The maximum absolute atomic E-state index is 11.7. The number of benzene rings is 2. The minimum absolute atomic E-state index is 0.0492. The third kappa shape index (κ3) is 7.04. The number of H-pyrrole nitrogens is 2. The number of esters is 2. The van der Waals surface area contributed by atoms with Crippen LogP contribution in [0.15, 0.2) is 36.4 Å².